The summed E-state index contributed by atoms with van der Waals surface area (Å²) in [5.74, 6) is 0.670. The minimum atomic E-state index is -2.81. The minimum Gasteiger partial charge on any atom is -0.297 e. The summed E-state index contributed by atoms with van der Waals surface area (Å²) in [6.45, 7) is 4.48. The number of piperazine rings is 1. The molecule has 0 N–H and O–H groups in total. The molecule has 2 aliphatic rings. The summed E-state index contributed by atoms with van der Waals surface area (Å²) in [4.78, 5) is 9.20. The third-order valence-electron chi connectivity index (χ3n) is 5.28. The maximum Gasteiger partial charge on any atom is 0.151 e. The van der Waals surface area contributed by atoms with E-state index in [0.29, 0.717) is 16.7 Å². The summed E-state index contributed by atoms with van der Waals surface area (Å²) in [7, 11) is -2.81. The SMILES string of the molecule is O=S1(=O)CC[C@H](N2CCN(Cc3cc4ccccc4nc3Cl)CC2)C1. The van der Waals surface area contributed by atoms with Crippen LogP contribution < -0.4 is 0 Å². The third-order valence-corrected chi connectivity index (χ3v) is 7.35. The third kappa shape index (κ3) is 3.82. The van der Waals surface area contributed by atoms with E-state index in [2.05, 4.69) is 26.9 Å². The van der Waals surface area contributed by atoms with Crippen LogP contribution in [0.2, 0.25) is 5.15 Å². The molecule has 1 atom stereocenters. The van der Waals surface area contributed by atoms with Gasteiger partial charge in [0.05, 0.1) is 17.0 Å². The number of hydrogen-bond acceptors (Lipinski definition) is 5. The van der Waals surface area contributed by atoms with Crippen molar-refractivity contribution in [2.45, 2.75) is 19.0 Å². The van der Waals surface area contributed by atoms with Crippen LogP contribution in [0.15, 0.2) is 30.3 Å². The van der Waals surface area contributed by atoms with Gasteiger partial charge in [-0.15, -0.1) is 0 Å². The average Bonchev–Trinajstić information content (AvgIpc) is 2.96. The Balaban J connectivity index is 1.40. The maximum atomic E-state index is 11.7. The van der Waals surface area contributed by atoms with Gasteiger partial charge in [-0.1, -0.05) is 29.8 Å². The summed E-state index contributed by atoms with van der Waals surface area (Å²) in [5, 5.41) is 1.68. The fraction of sp³-hybridized carbons (Fsp3) is 0.500. The number of rotatable bonds is 3. The molecule has 0 radical (unpaired) electrons. The molecule has 0 saturated carbocycles. The van der Waals surface area contributed by atoms with Crippen molar-refractivity contribution in [3.05, 3.63) is 41.0 Å². The predicted molar refractivity (Wildman–Crippen MR) is 101 cm³/mol. The first-order valence-corrected chi connectivity index (χ1v) is 10.9. The highest BCUT2D eigenvalue weighted by atomic mass is 35.5. The highest BCUT2D eigenvalue weighted by molar-refractivity contribution is 7.91. The number of hydrogen-bond donors (Lipinski definition) is 0. The van der Waals surface area contributed by atoms with Gasteiger partial charge in [-0.2, -0.15) is 0 Å². The van der Waals surface area contributed by atoms with Gasteiger partial charge in [-0.05, 0) is 18.6 Å². The van der Waals surface area contributed by atoms with E-state index in [9.17, 15) is 8.42 Å². The molecule has 4 rings (SSSR count). The van der Waals surface area contributed by atoms with Crippen molar-refractivity contribution in [2.75, 3.05) is 37.7 Å². The molecule has 7 heteroatoms. The van der Waals surface area contributed by atoms with E-state index in [1.54, 1.807) is 0 Å². The van der Waals surface area contributed by atoms with Crippen LogP contribution in [0.25, 0.3) is 10.9 Å². The van der Waals surface area contributed by atoms with Gasteiger partial charge in [0.25, 0.3) is 0 Å². The Kier molecular flexibility index (Phi) is 4.71. The molecule has 3 heterocycles. The number of sulfone groups is 1. The summed E-state index contributed by atoms with van der Waals surface area (Å²) >= 11 is 6.37. The standard InChI is InChI=1S/C18H22ClN3O2S/c19-18-15(11-14-3-1-2-4-17(14)20-18)12-21-6-8-22(9-7-21)16-5-10-25(23,24)13-16/h1-4,11,16H,5-10,12-13H2/t16-/m0/s1. The zero-order valence-corrected chi connectivity index (χ0v) is 15.6. The van der Waals surface area contributed by atoms with Crippen LogP contribution >= 0.6 is 11.6 Å². The lowest BCUT2D eigenvalue weighted by atomic mass is 10.1. The van der Waals surface area contributed by atoms with E-state index < -0.39 is 9.84 Å². The van der Waals surface area contributed by atoms with Crippen molar-refractivity contribution < 1.29 is 8.42 Å². The van der Waals surface area contributed by atoms with Gasteiger partial charge < -0.3 is 0 Å². The Morgan fingerprint density at radius 1 is 1.16 bits per heavy atom. The van der Waals surface area contributed by atoms with Crippen molar-refractivity contribution in [3.8, 4) is 0 Å². The van der Waals surface area contributed by atoms with Crippen LogP contribution in [0.5, 0.6) is 0 Å². The number of pyridine rings is 1. The van der Waals surface area contributed by atoms with Crippen LogP contribution in [0.3, 0.4) is 0 Å². The molecule has 0 bridgehead atoms. The fourth-order valence-corrected chi connectivity index (χ4v) is 5.80. The summed E-state index contributed by atoms with van der Waals surface area (Å²) in [6.07, 6.45) is 0.781. The van der Waals surface area contributed by atoms with Crippen molar-refractivity contribution in [2.24, 2.45) is 0 Å². The Bertz CT molecular complexity index is 879. The van der Waals surface area contributed by atoms with E-state index in [1.807, 2.05) is 18.2 Å². The number of nitrogens with zero attached hydrogens (tertiary/aromatic N) is 3. The molecule has 1 aromatic carbocycles. The second kappa shape index (κ2) is 6.83. The summed E-state index contributed by atoms with van der Waals surface area (Å²) in [6, 6.07) is 10.3. The monoisotopic (exact) mass is 379 g/mol. The predicted octanol–water partition coefficient (Wildman–Crippen LogP) is 2.19. The number of para-hydroxylation sites is 1. The largest absolute Gasteiger partial charge is 0.297 e. The van der Waals surface area contributed by atoms with E-state index in [1.165, 1.54) is 0 Å². The lowest BCUT2D eigenvalue weighted by Crippen LogP contribution is -2.50. The van der Waals surface area contributed by atoms with Crippen LogP contribution in [0, 0.1) is 0 Å². The molecule has 0 aliphatic carbocycles. The molecule has 0 spiro atoms. The first kappa shape index (κ1) is 17.2. The maximum absolute atomic E-state index is 11.7. The number of benzene rings is 1. The van der Waals surface area contributed by atoms with E-state index in [0.717, 1.165) is 55.6 Å². The normalized spacial score (nSPS) is 24.8. The van der Waals surface area contributed by atoms with E-state index in [4.69, 9.17) is 11.6 Å². The Morgan fingerprint density at radius 3 is 2.64 bits per heavy atom. The molecule has 2 fully saturated rings. The van der Waals surface area contributed by atoms with Gasteiger partial charge >= 0.3 is 0 Å². The van der Waals surface area contributed by atoms with Gasteiger partial charge in [0.15, 0.2) is 9.84 Å². The smallest absolute Gasteiger partial charge is 0.151 e. The van der Waals surface area contributed by atoms with Crippen LogP contribution in [0.1, 0.15) is 12.0 Å². The van der Waals surface area contributed by atoms with Crippen LogP contribution in [-0.2, 0) is 16.4 Å². The van der Waals surface area contributed by atoms with Gasteiger partial charge in [-0.3, -0.25) is 9.80 Å². The average molecular weight is 380 g/mol. The molecule has 2 saturated heterocycles. The van der Waals surface area contributed by atoms with Crippen molar-refractivity contribution in [1.29, 1.82) is 0 Å². The second-order valence-electron chi connectivity index (χ2n) is 7.00. The lowest BCUT2D eigenvalue weighted by molar-refractivity contribution is 0.100. The fourth-order valence-electron chi connectivity index (χ4n) is 3.84. The number of halogens is 1. The topological polar surface area (TPSA) is 53.5 Å². The lowest BCUT2D eigenvalue weighted by Gasteiger charge is -2.37. The van der Waals surface area contributed by atoms with Crippen molar-refractivity contribution in [1.82, 2.24) is 14.8 Å². The first-order valence-electron chi connectivity index (χ1n) is 8.71. The molecule has 1 aromatic heterocycles. The van der Waals surface area contributed by atoms with Crippen molar-refractivity contribution in [3.63, 3.8) is 0 Å². The van der Waals surface area contributed by atoms with Crippen molar-refractivity contribution >= 4 is 32.3 Å². The number of aromatic nitrogens is 1. The van der Waals surface area contributed by atoms with Crippen LogP contribution in [0.4, 0.5) is 0 Å². The van der Waals surface area contributed by atoms with Gasteiger partial charge in [0.2, 0.25) is 0 Å². The molecule has 25 heavy (non-hydrogen) atoms. The van der Waals surface area contributed by atoms with Crippen LogP contribution in [-0.4, -0.2) is 66.9 Å². The molecule has 134 valence electrons. The Hall–Kier alpha value is -1.21. The molecular formula is C18H22ClN3O2S. The Labute approximate surface area is 153 Å². The number of fused-ring (bicyclic) bond motifs is 1. The first-order chi connectivity index (χ1) is 12.0. The summed E-state index contributed by atoms with van der Waals surface area (Å²) in [5.41, 5.74) is 1.97. The Morgan fingerprint density at radius 2 is 1.92 bits per heavy atom. The molecule has 0 unspecified atom stereocenters. The highest BCUT2D eigenvalue weighted by Crippen LogP contribution is 2.23. The minimum absolute atomic E-state index is 0.207. The van der Waals surface area contributed by atoms with Gasteiger partial charge in [0.1, 0.15) is 5.15 Å². The van der Waals surface area contributed by atoms with Gasteiger partial charge in [0, 0.05) is 49.7 Å². The van der Waals surface area contributed by atoms with Gasteiger partial charge in [-0.25, -0.2) is 13.4 Å². The summed E-state index contributed by atoms with van der Waals surface area (Å²) < 4.78 is 23.4. The molecule has 2 aliphatic heterocycles. The molecular weight excluding hydrogens is 358 g/mol. The molecule has 2 aromatic rings. The molecule has 0 amide bonds. The highest BCUT2D eigenvalue weighted by Gasteiger charge is 2.33. The molecule has 5 nitrogen and oxygen atoms in total. The van der Waals surface area contributed by atoms with E-state index in [-0.39, 0.29) is 6.04 Å². The van der Waals surface area contributed by atoms with E-state index >= 15 is 0 Å². The second-order valence-corrected chi connectivity index (χ2v) is 9.59. The zero-order chi connectivity index (χ0) is 17.4. The quantitative estimate of drug-likeness (QED) is 0.765. The zero-order valence-electron chi connectivity index (χ0n) is 14.1.